The van der Waals surface area contributed by atoms with Gasteiger partial charge in [-0.25, -0.2) is 0 Å². The summed E-state index contributed by atoms with van der Waals surface area (Å²) in [6, 6.07) is 23.7. The Bertz CT molecular complexity index is 1510. The third-order valence-electron chi connectivity index (χ3n) is 6.53. The molecule has 0 atom stereocenters. The third-order valence-corrected chi connectivity index (χ3v) is 6.53. The van der Waals surface area contributed by atoms with Gasteiger partial charge in [0.15, 0.2) is 0 Å². The standard InChI is InChI=1S/C31H30N3.Ir/c1-20-10-7-8-13-26(20)34(30-21(2)11-9-12-22(30)3)27-16-17-32-29-24(27)15-14-23-18-28(31(4,5)6)33-19-25(23)29;/h7-18H,1-6H3;/q-1;. The van der Waals surface area contributed by atoms with Gasteiger partial charge in [0.1, 0.15) is 0 Å². The number of pyridine rings is 2. The molecule has 0 saturated heterocycles. The van der Waals surface area contributed by atoms with Crippen LogP contribution in [0.5, 0.6) is 0 Å². The van der Waals surface area contributed by atoms with Crippen molar-refractivity contribution in [2.75, 3.05) is 4.90 Å². The molecule has 2 aromatic heterocycles. The summed E-state index contributed by atoms with van der Waals surface area (Å²) in [5.74, 6) is 0. The van der Waals surface area contributed by atoms with E-state index in [9.17, 15) is 0 Å². The minimum absolute atomic E-state index is 0. The number of aromatic nitrogens is 2. The number of para-hydroxylation sites is 2. The molecule has 3 nitrogen and oxygen atoms in total. The van der Waals surface area contributed by atoms with Gasteiger partial charge in [0.25, 0.3) is 0 Å². The van der Waals surface area contributed by atoms with Crippen molar-refractivity contribution in [1.29, 1.82) is 0 Å². The Kier molecular flexibility index (Phi) is 6.81. The van der Waals surface area contributed by atoms with E-state index in [-0.39, 0.29) is 25.5 Å². The van der Waals surface area contributed by atoms with Gasteiger partial charge in [-0.15, -0.1) is 11.5 Å². The molecule has 0 N–H and O–H groups in total. The molecule has 5 aromatic rings. The van der Waals surface area contributed by atoms with Crippen molar-refractivity contribution < 1.29 is 20.1 Å². The van der Waals surface area contributed by atoms with Crippen LogP contribution in [0.2, 0.25) is 0 Å². The van der Waals surface area contributed by atoms with E-state index in [1.165, 1.54) is 22.4 Å². The second kappa shape index (κ2) is 9.53. The smallest absolute Gasteiger partial charge is 0.0519 e. The molecule has 0 spiro atoms. The minimum atomic E-state index is -0.0288. The first-order chi connectivity index (χ1) is 16.3. The monoisotopic (exact) mass is 637 g/mol. The van der Waals surface area contributed by atoms with Gasteiger partial charge in [0.2, 0.25) is 0 Å². The first-order valence-corrected chi connectivity index (χ1v) is 11.8. The van der Waals surface area contributed by atoms with Crippen LogP contribution in [-0.4, -0.2) is 9.97 Å². The Hall–Kier alpha value is -3.07. The van der Waals surface area contributed by atoms with Crippen LogP contribution in [0.3, 0.4) is 0 Å². The van der Waals surface area contributed by atoms with Gasteiger partial charge in [0.05, 0.1) is 5.69 Å². The van der Waals surface area contributed by atoms with E-state index in [2.05, 4.69) is 124 Å². The Morgan fingerprint density at radius 2 is 1.46 bits per heavy atom. The number of hydrogen-bond donors (Lipinski definition) is 0. The van der Waals surface area contributed by atoms with Gasteiger partial charge in [-0.05, 0) is 77.8 Å². The molecular weight excluding hydrogens is 607 g/mol. The molecule has 0 bridgehead atoms. The molecule has 0 unspecified atom stereocenters. The Labute approximate surface area is 221 Å². The van der Waals surface area contributed by atoms with Crippen LogP contribution < -0.4 is 4.90 Å². The molecule has 1 radical (unpaired) electrons. The summed E-state index contributed by atoms with van der Waals surface area (Å²) in [5.41, 5.74) is 9.09. The maximum atomic E-state index is 4.80. The van der Waals surface area contributed by atoms with Crippen molar-refractivity contribution in [2.24, 2.45) is 0 Å². The summed E-state index contributed by atoms with van der Waals surface area (Å²) >= 11 is 0. The number of aryl methyl sites for hydroxylation is 3. The predicted molar refractivity (Wildman–Crippen MR) is 143 cm³/mol. The van der Waals surface area contributed by atoms with E-state index in [1.807, 2.05) is 6.20 Å². The van der Waals surface area contributed by atoms with E-state index in [4.69, 9.17) is 4.98 Å². The molecular formula is C31H30IrN3-. The number of anilines is 3. The third kappa shape index (κ3) is 4.49. The molecule has 0 aliphatic carbocycles. The summed E-state index contributed by atoms with van der Waals surface area (Å²) in [6.45, 7) is 13.1. The maximum Gasteiger partial charge on any atom is 0.0519 e. The predicted octanol–water partition coefficient (Wildman–Crippen LogP) is 8.27. The van der Waals surface area contributed by atoms with Crippen LogP contribution in [0.1, 0.15) is 43.2 Å². The molecule has 0 aliphatic rings. The summed E-state index contributed by atoms with van der Waals surface area (Å²) in [7, 11) is 0. The molecule has 5 rings (SSSR count). The zero-order chi connectivity index (χ0) is 24.0. The van der Waals surface area contributed by atoms with Gasteiger partial charge in [-0.3, -0.25) is 0 Å². The Morgan fingerprint density at radius 3 is 2.14 bits per heavy atom. The van der Waals surface area contributed by atoms with Crippen molar-refractivity contribution in [3.63, 3.8) is 0 Å². The number of hydrogen-bond acceptors (Lipinski definition) is 3. The van der Waals surface area contributed by atoms with E-state index in [0.29, 0.717) is 0 Å². The largest absolute Gasteiger partial charge is 0.356 e. The first-order valence-electron chi connectivity index (χ1n) is 11.8. The first kappa shape index (κ1) is 25.0. The molecule has 179 valence electrons. The molecule has 35 heavy (non-hydrogen) atoms. The number of fused-ring (bicyclic) bond motifs is 3. The van der Waals surface area contributed by atoms with Crippen molar-refractivity contribution in [3.8, 4) is 0 Å². The fourth-order valence-electron chi connectivity index (χ4n) is 4.68. The quantitative estimate of drug-likeness (QED) is 0.148. The zero-order valence-corrected chi connectivity index (χ0v) is 23.5. The van der Waals surface area contributed by atoms with Crippen molar-refractivity contribution in [3.05, 3.63) is 102 Å². The van der Waals surface area contributed by atoms with Crippen molar-refractivity contribution in [2.45, 2.75) is 47.0 Å². The average Bonchev–Trinajstić information content (AvgIpc) is 2.81. The molecule has 3 aromatic carbocycles. The van der Waals surface area contributed by atoms with Gasteiger partial charge in [-0.1, -0.05) is 74.7 Å². The van der Waals surface area contributed by atoms with Crippen LogP contribution in [0.25, 0.3) is 21.7 Å². The average molecular weight is 637 g/mol. The summed E-state index contributed by atoms with van der Waals surface area (Å²) in [4.78, 5) is 11.9. The number of rotatable bonds is 3. The van der Waals surface area contributed by atoms with E-state index in [0.717, 1.165) is 38.7 Å². The van der Waals surface area contributed by atoms with Crippen LogP contribution in [-0.2, 0) is 25.5 Å². The number of benzene rings is 3. The topological polar surface area (TPSA) is 29.0 Å². The van der Waals surface area contributed by atoms with Gasteiger partial charge >= 0.3 is 0 Å². The maximum absolute atomic E-state index is 4.80. The molecule has 4 heteroatoms. The second-order valence-electron chi connectivity index (χ2n) is 10.1. The fourth-order valence-corrected chi connectivity index (χ4v) is 4.68. The Morgan fingerprint density at radius 1 is 0.771 bits per heavy atom. The SMILES string of the molecule is Cc1ccccc1N(c1c(C)cccc1C)c1ccnc2c1ccc1cc(C(C)(C)C)n[c-]c12.[Ir]. The second-order valence-corrected chi connectivity index (χ2v) is 10.1. The van der Waals surface area contributed by atoms with Crippen LogP contribution in [0, 0.1) is 27.0 Å². The minimum Gasteiger partial charge on any atom is -0.356 e. The zero-order valence-electron chi connectivity index (χ0n) is 21.1. The van der Waals surface area contributed by atoms with Crippen molar-refractivity contribution in [1.82, 2.24) is 9.97 Å². The summed E-state index contributed by atoms with van der Waals surface area (Å²) < 4.78 is 0. The van der Waals surface area contributed by atoms with E-state index >= 15 is 0 Å². The van der Waals surface area contributed by atoms with Crippen LogP contribution in [0.15, 0.2) is 72.9 Å². The van der Waals surface area contributed by atoms with Gasteiger partial charge in [0, 0.05) is 37.7 Å². The van der Waals surface area contributed by atoms with Crippen LogP contribution >= 0.6 is 0 Å². The molecule has 0 aliphatic heterocycles. The summed E-state index contributed by atoms with van der Waals surface area (Å²) in [5, 5.41) is 3.16. The Balaban J connectivity index is 0.00000289. The van der Waals surface area contributed by atoms with Gasteiger partial charge < -0.3 is 14.9 Å². The summed E-state index contributed by atoms with van der Waals surface area (Å²) in [6.07, 6.45) is 5.22. The van der Waals surface area contributed by atoms with E-state index < -0.39 is 0 Å². The van der Waals surface area contributed by atoms with Crippen LogP contribution in [0.4, 0.5) is 17.1 Å². The molecule has 0 saturated carbocycles. The molecule has 2 heterocycles. The molecule has 0 amide bonds. The van der Waals surface area contributed by atoms with E-state index in [1.54, 1.807) is 0 Å². The normalized spacial score (nSPS) is 11.5. The fraction of sp³-hybridized carbons (Fsp3) is 0.226. The number of nitrogens with zero attached hydrogens (tertiary/aromatic N) is 3. The van der Waals surface area contributed by atoms with Crippen molar-refractivity contribution >= 4 is 38.7 Å². The van der Waals surface area contributed by atoms with Gasteiger partial charge in [-0.2, -0.15) is 0 Å². The molecule has 0 fully saturated rings.